The van der Waals surface area contributed by atoms with Crippen molar-refractivity contribution < 1.29 is 14.3 Å². The molecule has 0 unspecified atom stereocenters. The molecule has 1 fully saturated rings. The Kier molecular flexibility index (Phi) is 8.53. The van der Waals surface area contributed by atoms with Crippen LogP contribution < -0.4 is 10.1 Å². The maximum absolute atomic E-state index is 11.8. The molecule has 2 aromatic rings. The van der Waals surface area contributed by atoms with E-state index in [0.29, 0.717) is 19.2 Å². The fraction of sp³-hybridized carbons (Fsp3) is 0.458. The Morgan fingerprint density at radius 1 is 1.10 bits per heavy atom. The van der Waals surface area contributed by atoms with Gasteiger partial charge in [-0.05, 0) is 56.7 Å². The van der Waals surface area contributed by atoms with Gasteiger partial charge in [-0.1, -0.05) is 42.5 Å². The summed E-state index contributed by atoms with van der Waals surface area (Å²) in [7, 11) is 4.30. The van der Waals surface area contributed by atoms with Crippen LogP contribution >= 0.6 is 0 Å². The number of likely N-dealkylation sites (tertiary alicyclic amines) is 1. The van der Waals surface area contributed by atoms with Crippen LogP contribution in [0.3, 0.4) is 0 Å². The van der Waals surface area contributed by atoms with Gasteiger partial charge in [-0.3, -0.25) is 4.90 Å². The molecule has 0 spiro atoms. The number of ether oxygens (including phenoxy) is 2. The third kappa shape index (κ3) is 7.35. The second kappa shape index (κ2) is 11.6. The second-order valence-electron chi connectivity index (χ2n) is 7.94. The van der Waals surface area contributed by atoms with Crippen LogP contribution in [0, 0.1) is 0 Å². The zero-order chi connectivity index (χ0) is 21.2. The van der Waals surface area contributed by atoms with E-state index in [1.165, 1.54) is 6.42 Å². The molecule has 6 heteroatoms. The molecule has 0 bridgehead atoms. The van der Waals surface area contributed by atoms with E-state index in [0.717, 1.165) is 42.9 Å². The molecule has 162 valence electrons. The van der Waals surface area contributed by atoms with Gasteiger partial charge in [-0.2, -0.15) is 0 Å². The van der Waals surface area contributed by atoms with Crippen molar-refractivity contribution in [2.24, 2.45) is 0 Å². The van der Waals surface area contributed by atoms with E-state index >= 15 is 0 Å². The average molecular weight is 412 g/mol. The minimum atomic E-state index is -0.391. The van der Waals surface area contributed by atoms with E-state index in [4.69, 9.17) is 9.47 Å². The lowest BCUT2D eigenvalue weighted by molar-refractivity contribution is 0.140. The van der Waals surface area contributed by atoms with Crippen LogP contribution in [0.1, 0.15) is 17.5 Å². The van der Waals surface area contributed by atoms with Gasteiger partial charge in [0, 0.05) is 25.7 Å². The van der Waals surface area contributed by atoms with Crippen LogP contribution in [0.15, 0.2) is 54.6 Å². The Morgan fingerprint density at radius 2 is 1.87 bits per heavy atom. The highest BCUT2D eigenvalue weighted by atomic mass is 16.5. The minimum absolute atomic E-state index is 0.284. The lowest BCUT2D eigenvalue weighted by Crippen LogP contribution is -2.33. The van der Waals surface area contributed by atoms with Gasteiger partial charge in [-0.15, -0.1) is 0 Å². The summed E-state index contributed by atoms with van der Waals surface area (Å²) in [5.74, 6) is 0.886. The number of likely N-dealkylation sites (N-methyl/N-ethyl adjacent to an activating group) is 1. The number of amides is 1. The monoisotopic (exact) mass is 411 g/mol. The largest absolute Gasteiger partial charge is 0.492 e. The normalized spacial score (nSPS) is 16.6. The van der Waals surface area contributed by atoms with E-state index < -0.39 is 6.09 Å². The summed E-state index contributed by atoms with van der Waals surface area (Å²) >= 11 is 0. The second-order valence-corrected chi connectivity index (χ2v) is 7.94. The van der Waals surface area contributed by atoms with Crippen molar-refractivity contribution in [3.8, 4) is 5.75 Å². The number of nitrogens with one attached hydrogen (secondary N) is 1. The Labute approximate surface area is 179 Å². The fourth-order valence-corrected chi connectivity index (χ4v) is 3.56. The van der Waals surface area contributed by atoms with E-state index in [2.05, 4.69) is 29.2 Å². The van der Waals surface area contributed by atoms with Crippen molar-refractivity contribution in [3.63, 3.8) is 0 Å². The van der Waals surface area contributed by atoms with E-state index in [9.17, 15) is 4.79 Å². The summed E-state index contributed by atoms with van der Waals surface area (Å²) < 4.78 is 11.1. The van der Waals surface area contributed by atoms with Crippen molar-refractivity contribution in [1.29, 1.82) is 0 Å². The number of hydrogen-bond donors (Lipinski definition) is 1. The maximum atomic E-state index is 11.8. The minimum Gasteiger partial charge on any atom is -0.492 e. The van der Waals surface area contributed by atoms with Crippen molar-refractivity contribution in [2.45, 2.75) is 25.5 Å². The van der Waals surface area contributed by atoms with Crippen molar-refractivity contribution in [3.05, 3.63) is 65.7 Å². The average Bonchev–Trinajstić information content (AvgIpc) is 3.23. The summed E-state index contributed by atoms with van der Waals surface area (Å²) in [5.41, 5.74) is 2.13. The molecular weight excluding hydrogens is 378 g/mol. The molecule has 1 atom stereocenters. The lowest BCUT2D eigenvalue weighted by Gasteiger charge is -2.20. The fourth-order valence-electron chi connectivity index (χ4n) is 3.56. The van der Waals surface area contributed by atoms with E-state index in [-0.39, 0.29) is 6.61 Å². The predicted octanol–water partition coefficient (Wildman–Crippen LogP) is 3.17. The molecule has 1 aliphatic rings. The summed E-state index contributed by atoms with van der Waals surface area (Å²) in [6.45, 7) is 4.75. The number of benzene rings is 2. The van der Waals surface area contributed by atoms with Gasteiger partial charge in [0.05, 0.1) is 0 Å². The molecule has 1 heterocycles. The first-order valence-corrected chi connectivity index (χ1v) is 10.7. The van der Waals surface area contributed by atoms with Gasteiger partial charge in [0.1, 0.15) is 19.0 Å². The number of nitrogens with zero attached hydrogens (tertiary/aromatic N) is 2. The molecule has 0 aliphatic carbocycles. The highest BCUT2D eigenvalue weighted by molar-refractivity contribution is 5.67. The summed E-state index contributed by atoms with van der Waals surface area (Å²) in [6, 6.07) is 18.4. The SMILES string of the molecule is CN(C)[C@@H]1CCN(CCOc2ccc(CCNC(=O)OCc3ccccc3)cc2)C1. The molecule has 30 heavy (non-hydrogen) atoms. The smallest absolute Gasteiger partial charge is 0.407 e. The van der Waals surface area contributed by atoms with Gasteiger partial charge in [0.2, 0.25) is 0 Å². The van der Waals surface area contributed by atoms with E-state index in [1.807, 2.05) is 54.6 Å². The molecule has 1 N–H and O–H groups in total. The topological polar surface area (TPSA) is 54.0 Å². The molecule has 6 nitrogen and oxygen atoms in total. The summed E-state index contributed by atoms with van der Waals surface area (Å²) in [5, 5.41) is 2.79. The Morgan fingerprint density at radius 3 is 2.57 bits per heavy atom. The molecule has 0 saturated carbocycles. The van der Waals surface area contributed by atoms with Gasteiger partial charge in [-0.25, -0.2) is 4.79 Å². The van der Waals surface area contributed by atoms with Crippen LogP contribution in [0.25, 0.3) is 0 Å². The zero-order valence-electron chi connectivity index (χ0n) is 18.0. The first kappa shape index (κ1) is 22.1. The van der Waals surface area contributed by atoms with Crippen LogP contribution in [0.4, 0.5) is 4.79 Å². The molecule has 1 saturated heterocycles. The molecule has 0 aromatic heterocycles. The van der Waals surface area contributed by atoms with Gasteiger partial charge >= 0.3 is 6.09 Å². The van der Waals surface area contributed by atoms with Crippen LogP contribution in [-0.4, -0.2) is 68.8 Å². The molecule has 2 aromatic carbocycles. The third-order valence-corrected chi connectivity index (χ3v) is 5.47. The number of alkyl carbamates (subject to hydrolysis) is 1. The van der Waals surface area contributed by atoms with Gasteiger partial charge < -0.3 is 19.7 Å². The van der Waals surface area contributed by atoms with Crippen LogP contribution in [-0.2, 0) is 17.8 Å². The molecule has 1 amide bonds. The highest BCUT2D eigenvalue weighted by Crippen LogP contribution is 2.15. The molecule has 3 rings (SSSR count). The van der Waals surface area contributed by atoms with Gasteiger partial charge in [0.15, 0.2) is 0 Å². The first-order valence-electron chi connectivity index (χ1n) is 10.7. The first-order chi connectivity index (χ1) is 14.6. The zero-order valence-corrected chi connectivity index (χ0v) is 18.0. The van der Waals surface area contributed by atoms with Crippen molar-refractivity contribution >= 4 is 6.09 Å². The molecular formula is C24H33N3O3. The van der Waals surface area contributed by atoms with Gasteiger partial charge in [0.25, 0.3) is 0 Å². The number of carbonyl (C=O) groups excluding carboxylic acids is 1. The maximum Gasteiger partial charge on any atom is 0.407 e. The summed E-state index contributed by atoms with van der Waals surface area (Å²) in [6.07, 6.45) is 1.59. The highest BCUT2D eigenvalue weighted by Gasteiger charge is 2.23. The standard InChI is InChI=1S/C24H33N3O3/c1-26(2)22-13-15-27(18-22)16-17-29-23-10-8-20(9-11-23)12-14-25-24(28)30-19-21-6-4-3-5-7-21/h3-11,22H,12-19H2,1-2H3,(H,25,28)/t22-/m1/s1. The lowest BCUT2D eigenvalue weighted by atomic mass is 10.1. The quantitative estimate of drug-likeness (QED) is 0.651. The number of rotatable bonds is 10. The summed E-state index contributed by atoms with van der Waals surface area (Å²) in [4.78, 5) is 16.5. The number of hydrogen-bond acceptors (Lipinski definition) is 5. The molecule has 0 radical (unpaired) electrons. The predicted molar refractivity (Wildman–Crippen MR) is 119 cm³/mol. The van der Waals surface area contributed by atoms with Crippen LogP contribution in [0.5, 0.6) is 5.75 Å². The van der Waals surface area contributed by atoms with E-state index in [1.54, 1.807) is 0 Å². The molecule has 1 aliphatic heterocycles. The third-order valence-electron chi connectivity index (χ3n) is 5.47. The number of carbonyl (C=O) groups is 1. The van der Waals surface area contributed by atoms with Crippen LogP contribution in [0.2, 0.25) is 0 Å². The van der Waals surface area contributed by atoms with Crippen molar-refractivity contribution in [2.75, 3.05) is 46.9 Å². The Hall–Kier alpha value is -2.57. The van der Waals surface area contributed by atoms with Crippen molar-refractivity contribution in [1.82, 2.24) is 15.1 Å². The Bertz CT molecular complexity index is 765. The Balaban J connectivity index is 1.28.